The van der Waals surface area contributed by atoms with Crippen LogP contribution in [0, 0.1) is 0 Å². The maximum absolute atomic E-state index is 12.3. The molecule has 0 amide bonds. The minimum absolute atomic E-state index is 0.493. The fourth-order valence-electron chi connectivity index (χ4n) is 1.09. The lowest BCUT2D eigenvalue weighted by atomic mass is 10.2. The minimum atomic E-state index is -2.41. The lowest BCUT2D eigenvalue weighted by molar-refractivity contribution is 0.0986. The average molecular weight is 175 g/mol. The van der Waals surface area contributed by atoms with Crippen molar-refractivity contribution in [3.05, 3.63) is 18.0 Å². The Morgan fingerprint density at radius 1 is 1.58 bits per heavy atom. The zero-order valence-electron chi connectivity index (χ0n) is 6.96. The van der Waals surface area contributed by atoms with E-state index in [0.717, 1.165) is 0 Å². The van der Waals surface area contributed by atoms with Gasteiger partial charge in [0.2, 0.25) is 0 Å². The second-order valence-corrected chi connectivity index (χ2v) is 2.48. The zero-order chi connectivity index (χ0) is 9.14. The molecule has 12 heavy (non-hydrogen) atoms. The number of aryl methyl sites for hydroxylation is 1. The van der Waals surface area contributed by atoms with Crippen LogP contribution in [0.2, 0.25) is 0 Å². The van der Waals surface area contributed by atoms with Gasteiger partial charge in [-0.2, -0.15) is 5.10 Å². The highest BCUT2D eigenvalue weighted by molar-refractivity contribution is 5.07. The summed E-state index contributed by atoms with van der Waals surface area (Å²) in [4.78, 5) is 0. The van der Waals surface area contributed by atoms with Gasteiger partial charge in [0.05, 0.1) is 5.69 Å². The Kier molecular flexibility index (Phi) is 2.75. The van der Waals surface area contributed by atoms with Gasteiger partial charge < -0.3 is 5.32 Å². The first-order chi connectivity index (χ1) is 5.66. The van der Waals surface area contributed by atoms with E-state index >= 15 is 0 Å². The molecule has 0 aromatic carbocycles. The molecule has 0 aliphatic rings. The summed E-state index contributed by atoms with van der Waals surface area (Å²) in [5.41, 5.74) is 0.493. The van der Waals surface area contributed by atoms with E-state index in [0.29, 0.717) is 5.69 Å². The van der Waals surface area contributed by atoms with Crippen molar-refractivity contribution in [1.82, 2.24) is 15.1 Å². The number of nitrogens with one attached hydrogen (secondary N) is 1. The number of alkyl halides is 2. The second-order valence-electron chi connectivity index (χ2n) is 2.48. The maximum Gasteiger partial charge on any atom is 0.259 e. The van der Waals surface area contributed by atoms with Crippen LogP contribution in [0.25, 0.3) is 0 Å². The summed E-state index contributed by atoms with van der Waals surface area (Å²) in [6.45, 7) is 0. The van der Waals surface area contributed by atoms with Crippen LogP contribution in [-0.4, -0.2) is 23.3 Å². The third-order valence-corrected chi connectivity index (χ3v) is 1.74. The first-order valence-electron chi connectivity index (χ1n) is 3.60. The molecule has 5 heteroatoms. The van der Waals surface area contributed by atoms with Crippen molar-refractivity contribution in [1.29, 1.82) is 0 Å². The lowest BCUT2D eigenvalue weighted by Gasteiger charge is -2.14. The summed E-state index contributed by atoms with van der Waals surface area (Å²) in [7, 11) is 3.14. The molecule has 1 heterocycles. The van der Waals surface area contributed by atoms with Crippen LogP contribution in [0.3, 0.4) is 0 Å². The smallest absolute Gasteiger partial charge is 0.259 e. The van der Waals surface area contributed by atoms with Crippen LogP contribution in [0.4, 0.5) is 8.78 Å². The van der Waals surface area contributed by atoms with Crippen molar-refractivity contribution in [2.24, 2.45) is 7.05 Å². The minimum Gasteiger partial charge on any atom is -0.307 e. The van der Waals surface area contributed by atoms with Gasteiger partial charge in [0.15, 0.2) is 0 Å². The number of rotatable bonds is 3. The van der Waals surface area contributed by atoms with Gasteiger partial charge in [-0.15, -0.1) is 0 Å². The summed E-state index contributed by atoms with van der Waals surface area (Å²) in [5.74, 6) is 0. The molecule has 0 spiro atoms. The third-order valence-electron chi connectivity index (χ3n) is 1.74. The van der Waals surface area contributed by atoms with Crippen molar-refractivity contribution in [2.45, 2.75) is 12.5 Å². The molecule has 1 aromatic heterocycles. The molecule has 0 aliphatic carbocycles. The van der Waals surface area contributed by atoms with Crippen LogP contribution >= 0.6 is 0 Å². The number of hydrogen-bond acceptors (Lipinski definition) is 2. The molecule has 0 aliphatic heterocycles. The Bertz CT molecular complexity index is 247. The standard InChI is InChI=1S/C7H11F2N3/c1-10-6(7(8)9)5-3-4-11-12(5)2/h3-4,6-7,10H,1-2H3. The second kappa shape index (κ2) is 3.62. The molecular formula is C7H11F2N3. The highest BCUT2D eigenvalue weighted by Crippen LogP contribution is 2.18. The number of aromatic nitrogens is 2. The van der Waals surface area contributed by atoms with E-state index in [1.54, 1.807) is 13.1 Å². The van der Waals surface area contributed by atoms with Crippen LogP contribution in [-0.2, 0) is 7.05 Å². The van der Waals surface area contributed by atoms with Gasteiger partial charge in [-0.05, 0) is 13.1 Å². The SMILES string of the molecule is CNC(c1ccnn1C)C(F)F. The molecule has 1 rings (SSSR count). The van der Waals surface area contributed by atoms with E-state index in [-0.39, 0.29) is 0 Å². The van der Waals surface area contributed by atoms with Gasteiger partial charge in [-0.3, -0.25) is 4.68 Å². The van der Waals surface area contributed by atoms with E-state index in [1.807, 2.05) is 0 Å². The number of nitrogens with zero attached hydrogens (tertiary/aromatic N) is 2. The molecule has 3 nitrogen and oxygen atoms in total. The van der Waals surface area contributed by atoms with Crippen molar-refractivity contribution >= 4 is 0 Å². The number of hydrogen-bond donors (Lipinski definition) is 1. The van der Waals surface area contributed by atoms with E-state index in [1.165, 1.54) is 17.9 Å². The average Bonchev–Trinajstić information content (AvgIpc) is 2.38. The highest BCUT2D eigenvalue weighted by Gasteiger charge is 2.22. The normalized spacial score (nSPS) is 13.8. The topological polar surface area (TPSA) is 29.9 Å². The Labute approximate surface area is 69.4 Å². The van der Waals surface area contributed by atoms with Gasteiger partial charge in [-0.25, -0.2) is 8.78 Å². The predicted octanol–water partition coefficient (Wildman–Crippen LogP) is 0.946. The molecule has 0 fully saturated rings. The fourth-order valence-corrected chi connectivity index (χ4v) is 1.09. The lowest BCUT2D eigenvalue weighted by Crippen LogP contribution is -2.25. The molecule has 68 valence electrons. The van der Waals surface area contributed by atoms with Crippen molar-refractivity contribution in [2.75, 3.05) is 7.05 Å². The van der Waals surface area contributed by atoms with Gasteiger partial charge in [0, 0.05) is 13.2 Å². The Morgan fingerprint density at radius 2 is 2.25 bits per heavy atom. The molecule has 1 atom stereocenters. The van der Waals surface area contributed by atoms with Crippen molar-refractivity contribution in [3.63, 3.8) is 0 Å². The summed E-state index contributed by atoms with van der Waals surface area (Å²) in [6.07, 6.45) is -0.910. The quantitative estimate of drug-likeness (QED) is 0.741. The fraction of sp³-hybridized carbons (Fsp3) is 0.571. The van der Waals surface area contributed by atoms with E-state index in [4.69, 9.17) is 0 Å². The van der Waals surface area contributed by atoms with Crippen LogP contribution < -0.4 is 5.32 Å². The molecule has 0 bridgehead atoms. The summed E-state index contributed by atoms with van der Waals surface area (Å²) in [6, 6.07) is 0.644. The largest absolute Gasteiger partial charge is 0.307 e. The predicted molar refractivity (Wildman–Crippen MR) is 41.0 cm³/mol. The van der Waals surface area contributed by atoms with E-state index < -0.39 is 12.5 Å². The first-order valence-corrected chi connectivity index (χ1v) is 3.60. The van der Waals surface area contributed by atoms with Crippen LogP contribution in [0.5, 0.6) is 0 Å². The summed E-state index contributed by atoms with van der Waals surface area (Å²) >= 11 is 0. The summed E-state index contributed by atoms with van der Waals surface area (Å²) < 4.78 is 26.1. The maximum atomic E-state index is 12.3. The monoisotopic (exact) mass is 175 g/mol. The van der Waals surface area contributed by atoms with Crippen molar-refractivity contribution in [3.8, 4) is 0 Å². The molecule has 0 saturated heterocycles. The Hall–Kier alpha value is -0.970. The molecule has 1 N–H and O–H groups in total. The van der Waals surface area contributed by atoms with Crippen LogP contribution in [0.15, 0.2) is 12.3 Å². The van der Waals surface area contributed by atoms with Gasteiger partial charge in [0.1, 0.15) is 6.04 Å². The molecular weight excluding hydrogens is 164 g/mol. The van der Waals surface area contributed by atoms with Gasteiger partial charge >= 0.3 is 0 Å². The first kappa shape index (κ1) is 9.12. The molecule has 0 saturated carbocycles. The Morgan fingerprint density at radius 3 is 2.58 bits per heavy atom. The van der Waals surface area contributed by atoms with E-state index in [9.17, 15) is 8.78 Å². The number of halogens is 2. The highest BCUT2D eigenvalue weighted by atomic mass is 19.3. The van der Waals surface area contributed by atoms with Gasteiger partial charge in [-0.1, -0.05) is 0 Å². The van der Waals surface area contributed by atoms with Gasteiger partial charge in [0.25, 0.3) is 6.43 Å². The summed E-state index contributed by atoms with van der Waals surface area (Å²) in [5, 5.41) is 6.35. The van der Waals surface area contributed by atoms with E-state index in [2.05, 4.69) is 10.4 Å². The zero-order valence-corrected chi connectivity index (χ0v) is 6.96. The molecule has 0 radical (unpaired) electrons. The van der Waals surface area contributed by atoms with Crippen LogP contribution in [0.1, 0.15) is 11.7 Å². The molecule has 1 aromatic rings. The Balaban J connectivity index is 2.87. The third kappa shape index (κ3) is 1.61. The molecule has 1 unspecified atom stereocenters. The van der Waals surface area contributed by atoms with Crippen molar-refractivity contribution < 1.29 is 8.78 Å².